The summed E-state index contributed by atoms with van der Waals surface area (Å²) in [7, 11) is 0. The van der Waals surface area contributed by atoms with Crippen molar-refractivity contribution in [2.75, 3.05) is 13.2 Å². The van der Waals surface area contributed by atoms with E-state index in [2.05, 4.69) is 43.8 Å². The molecule has 0 spiro atoms. The molecule has 0 aliphatic rings. The van der Waals surface area contributed by atoms with Crippen LogP contribution in [0.25, 0.3) is 0 Å². The number of hydrogen-bond acceptors (Lipinski definition) is 2. The summed E-state index contributed by atoms with van der Waals surface area (Å²) in [6.07, 6.45) is 0. The van der Waals surface area contributed by atoms with Crippen LogP contribution in [-0.2, 0) is 16.1 Å². The number of ether oxygens (including phenoxy) is 1. The quantitative estimate of drug-likeness (QED) is 0.776. The molecule has 0 heterocycles. The summed E-state index contributed by atoms with van der Waals surface area (Å²) in [4.78, 5) is 11.3. The predicted octanol–water partition coefficient (Wildman–Crippen LogP) is 2.71. The van der Waals surface area contributed by atoms with Crippen LogP contribution in [0.5, 0.6) is 0 Å². The molecule has 0 bridgehead atoms. The number of amides is 1. The molecule has 88 valence electrons. The molecule has 1 N–H and O–H groups in total. The molecule has 0 unspecified atom stereocenters. The molecule has 0 radical (unpaired) electrons. The second-order valence-corrected chi connectivity index (χ2v) is 5.25. The summed E-state index contributed by atoms with van der Waals surface area (Å²) >= 11 is 5.69. The van der Waals surface area contributed by atoms with Gasteiger partial charge in [-0.3, -0.25) is 4.79 Å². The third kappa shape index (κ3) is 4.80. The van der Waals surface area contributed by atoms with Gasteiger partial charge in [0.2, 0.25) is 5.91 Å². The maximum Gasteiger partial charge on any atom is 0.246 e. The van der Waals surface area contributed by atoms with Crippen LogP contribution in [0.1, 0.15) is 12.5 Å². The molecule has 0 saturated heterocycles. The highest BCUT2D eigenvalue weighted by Gasteiger charge is 2.04. The van der Waals surface area contributed by atoms with E-state index in [0.717, 1.165) is 13.6 Å². The summed E-state index contributed by atoms with van der Waals surface area (Å²) < 4.78 is 7.16. The molecule has 0 aliphatic heterocycles. The number of carbonyl (C=O) groups excluding carboxylic acids is 1. The molecule has 16 heavy (non-hydrogen) atoms. The Labute approximate surface area is 117 Å². The predicted molar refractivity (Wildman–Crippen MR) is 75.2 cm³/mol. The first-order valence-electron chi connectivity index (χ1n) is 4.92. The van der Waals surface area contributed by atoms with Crippen LogP contribution < -0.4 is 5.32 Å². The lowest BCUT2D eigenvalue weighted by atomic mass is 10.2. The minimum Gasteiger partial charge on any atom is -0.372 e. The minimum atomic E-state index is -0.0902. The van der Waals surface area contributed by atoms with E-state index in [0.29, 0.717) is 13.2 Å². The van der Waals surface area contributed by atoms with Crippen molar-refractivity contribution in [3.8, 4) is 0 Å². The SMILES string of the molecule is CCOCC(=O)NCc1cc(I)ccc1Br. The third-order valence-corrected chi connectivity index (χ3v) is 3.37. The van der Waals surface area contributed by atoms with Gasteiger partial charge in [-0.05, 0) is 53.3 Å². The summed E-state index contributed by atoms with van der Waals surface area (Å²) in [5.74, 6) is -0.0902. The Kier molecular flexibility index (Phi) is 6.30. The zero-order valence-electron chi connectivity index (χ0n) is 8.93. The highest BCUT2D eigenvalue weighted by atomic mass is 127. The van der Waals surface area contributed by atoms with E-state index in [9.17, 15) is 4.79 Å². The lowest BCUT2D eigenvalue weighted by molar-refractivity contribution is -0.125. The fourth-order valence-corrected chi connectivity index (χ4v) is 2.06. The molecule has 0 aromatic heterocycles. The van der Waals surface area contributed by atoms with Crippen LogP contribution in [0.4, 0.5) is 0 Å². The van der Waals surface area contributed by atoms with Gasteiger partial charge in [-0.25, -0.2) is 0 Å². The van der Waals surface area contributed by atoms with E-state index < -0.39 is 0 Å². The van der Waals surface area contributed by atoms with E-state index in [1.807, 2.05) is 25.1 Å². The number of hydrogen-bond donors (Lipinski definition) is 1. The van der Waals surface area contributed by atoms with E-state index in [1.165, 1.54) is 0 Å². The maximum absolute atomic E-state index is 11.3. The van der Waals surface area contributed by atoms with Crippen molar-refractivity contribution < 1.29 is 9.53 Å². The lowest BCUT2D eigenvalue weighted by Gasteiger charge is -2.07. The Balaban J connectivity index is 2.47. The fraction of sp³-hybridized carbons (Fsp3) is 0.364. The Morgan fingerprint density at radius 3 is 3.00 bits per heavy atom. The van der Waals surface area contributed by atoms with Gasteiger partial charge in [0.15, 0.2) is 0 Å². The molecular weight excluding hydrogens is 385 g/mol. The molecule has 1 amide bonds. The first kappa shape index (κ1) is 13.9. The Morgan fingerprint density at radius 1 is 1.56 bits per heavy atom. The molecule has 0 aliphatic carbocycles. The van der Waals surface area contributed by atoms with Crippen molar-refractivity contribution in [3.63, 3.8) is 0 Å². The maximum atomic E-state index is 11.3. The zero-order valence-corrected chi connectivity index (χ0v) is 12.7. The average molecular weight is 398 g/mol. The summed E-state index contributed by atoms with van der Waals surface area (Å²) in [6.45, 7) is 3.06. The number of nitrogens with one attached hydrogen (secondary N) is 1. The number of halogens is 2. The van der Waals surface area contributed by atoms with E-state index in [-0.39, 0.29) is 12.5 Å². The molecule has 5 heteroatoms. The van der Waals surface area contributed by atoms with Gasteiger partial charge in [0.05, 0.1) is 0 Å². The van der Waals surface area contributed by atoms with Crippen LogP contribution in [0, 0.1) is 3.57 Å². The lowest BCUT2D eigenvalue weighted by Crippen LogP contribution is -2.27. The Hall–Kier alpha value is -0.140. The van der Waals surface area contributed by atoms with Crippen molar-refractivity contribution in [1.29, 1.82) is 0 Å². The van der Waals surface area contributed by atoms with E-state index >= 15 is 0 Å². The van der Waals surface area contributed by atoms with E-state index in [1.54, 1.807) is 0 Å². The van der Waals surface area contributed by atoms with Crippen molar-refractivity contribution in [2.24, 2.45) is 0 Å². The molecule has 1 aromatic rings. The van der Waals surface area contributed by atoms with Gasteiger partial charge >= 0.3 is 0 Å². The van der Waals surface area contributed by atoms with E-state index in [4.69, 9.17) is 4.74 Å². The van der Waals surface area contributed by atoms with Crippen molar-refractivity contribution in [1.82, 2.24) is 5.32 Å². The molecule has 3 nitrogen and oxygen atoms in total. The number of carbonyl (C=O) groups is 1. The Morgan fingerprint density at radius 2 is 2.31 bits per heavy atom. The van der Waals surface area contributed by atoms with Crippen molar-refractivity contribution >= 4 is 44.4 Å². The normalized spacial score (nSPS) is 10.2. The largest absolute Gasteiger partial charge is 0.372 e. The number of rotatable bonds is 5. The Bertz CT molecular complexity index is 371. The second kappa shape index (κ2) is 7.24. The molecule has 0 fully saturated rings. The van der Waals surface area contributed by atoms with Crippen LogP contribution >= 0.6 is 38.5 Å². The molecule has 0 atom stereocenters. The third-order valence-electron chi connectivity index (χ3n) is 1.92. The van der Waals surface area contributed by atoms with Gasteiger partial charge < -0.3 is 10.1 Å². The molecule has 1 rings (SSSR count). The highest BCUT2D eigenvalue weighted by molar-refractivity contribution is 14.1. The van der Waals surface area contributed by atoms with Gasteiger partial charge in [-0.1, -0.05) is 15.9 Å². The van der Waals surface area contributed by atoms with Crippen molar-refractivity contribution in [3.05, 3.63) is 31.8 Å². The molecular formula is C11H13BrINO2. The standard InChI is InChI=1S/C11H13BrINO2/c1-2-16-7-11(15)14-6-8-5-9(13)3-4-10(8)12/h3-5H,2,6-7H2,1H3,(H,14,15). The van der Waals surface area contributed by atoms with Crippen LogP contribution in [0.3, 0.4) is 0 Å². The first-order valence-corrected chi connectivity index (χ1v) is 6.79. The van der Waals surface area contributed by atoms with Crippen LogP contribution in [-0.4, -0.2) is 19.1 Å². The summed E-state index contributed by atoms with van der Waals surface area (Å²) in [6, 6.07) is 6.02. The highest BCUT2D eigenvalue weighted by Crippen LogP contribution is 2.19. The van der Waals surface area contributed by atoms with Gasteiger partial charge in [-0.15, -0.1) is 0 Å². The van der Waals surface area contributed by atoms with Gasteiger partial charge in [-0.2, -0.15) is 0 Å². The molecule has 0 saturated carbocycles. The smallest absolute Gasteiger partial charge is 0.246 e. The van der Waals surface area contributed by atoms with Crippen LogP contribution in [0.15, 0.2) is 22.7 Å². The monoisotopic (exact) mass is 397 g/mol. The van der Waals surface area contributed by atoms with Crippen molar-refractivity contribution in [2.45, 2.75) is 13.5 Å². The fourth-order valence-electron chi connectivity index (χ4n) is 1.12. The summed E-state index contributed by atoms with van der Waals surface area (Å²) in [5, 5.41) is 2.80. The van der Waals surface area contributed by atoms with Gasteiger partial charge in [0.1, 0.15) is 6.61 Å². The van der Waals surface area contributed by atoms with Gasteiger partial charge in [0.25, 0.3) is 0 Å². The van der Waals surface area contributed by atoms with Crippen LogP contribution in [0.2, 0.25) is 0 Å². The molecule has 1 aromatic carbocycles. The topological polar surface area (TPSA) is 38.3 Å². The first-order chi connectivity index (χ1) is 7.63. The average Bonchev–Trinajstić information content (AvgIpc) is 2.27. The van der Waals surface area contributed by atoms with Gasteiger partial charge in [0, 0.05) is 21.2 Å². The second-order valence-electron chi connectivity index (χ2n) is 3.15. The zero-order chi connectivity index (χ0) is 12.0. The summed E-state index contributed by atoms with van der Waals surface area (Å²) in [5.41, 5.74) is 1.07. The number of benzene rings is 1. The minimum absolute atomic E-state index is 0.0902.